The molecule has 1 fully saturated rings. The maximum atomic E-state index is 6.35. The van der Waals surface area contributed by atoms with E-state index in [0.29, 0.717) is 6.04 Å². The first kappa shape index (κ1) is 16.0. The molecule has 1 aliphatic carbocycles. The number of hydrogen-bond donors (Lipinski definition) is 1. The Bertz CT molecular complexity index is 407. The molecule has 0 saturated heterocycles. The summed E-state index contributed by atoms with van der Waals surface area (Å²) >= 11 is 1.84. The lowest BCUT2D eigenvalue weighted by Gasteiger charge is -2.45. The minimum atomic E-state index is -0.0108. The van der Waals surface area contributed by atoms with Gasteiger partial charge < -0.3 is 10.1 Å². The Morgan fingerprint density at radius 1 is 1.40 bits per heavy atom. The van der Waals surface area contributed by atoms with Crippen molar-refractivity contribution >= 4 is 11.3 Å². The van der Waals surface area contributed by atoms with E-state index < -0.39 is 0 Å². The smallest absolute Gasteiger partial charge is 0.0876 e. The van der Waals surface area contributed by atoms with Gasteiger partial charge in [-0.05, 0) is 69.0 Å². The third kappa shape index (κ3) is 3.26. The molecule has 114 valence electrons. The summed E-state index contributed by atoms with van der Waals surface area (Å²) in [5.74, 6) is 0.842. The zero-order valence-electron chi connectivity index (χ0n) is 13.4. The van der Waals surface area contributed by atoms with Crippen LogP contribution in [-0.2, 0) is 4.74 Å². The average Bonchev–Trinajstić information content (AvgIpc) is 2.85. The summed E-state index contributed by atoms with van der Waals surface area (Å²) in [6.07, 6.45) is 4.92. The van der Waals surface area contributed by atoms with Gasteiger partial charge in [-0.15, -0.1) is 11.3 Å². The summed E-state index contributed by atoms with van der Waals surface area (Å²) in [6, 6.07) is 2.62. The van der Waals surface area contributed by atoms with Crippen LogP contribution in [-0.4, -0.2) is 18.8 Å². The van der Waals surface area contributed by atoms with E-state index in [2.05, 4.69) is 44.5 Å². The monoisotopic (exact) mass is 295 g/mol. The molecule has 1 aromatic rings. The normalized spacial score (nSPS) is 28.5. The average molecular weight is 295 g/mol. The molecular weight excluding hydrogens is 266 g/mol. The van der Waals surface area contributed by atoms with Crippen LogP contribution in [0.15, 0.2) is 11.4 Å². The van der Waals surface area contributed by atoms with Gasteiger partial charge in [0.2, 0.25) is 0 Å². The fourth-order valence-electron chi connectivity index (χ4n) is 3.53. The van der Waals surface area contributed by atoms with Crippen LogP contribution < -0.4 is 5.32 Å². The molecule has 1 atom stereocenters. The molecular formula is C17H29NOS. The molecule has 2 nitrogen and oxygen atoms in total. The minimum Gasteiger partial charge on any atom is -0.373 e. The molecule has 1 aromatic heterocycles. The summed E-state index contributed by atoms with van der Waals surface area (Å²) in [5, 5.41) is 5.93. The van der Waals surface area contributed by atoms with E-state index in [1.54, 1.807) is 0 Å². The van der Waals surface area contributed by atoms with Gasteiger partial charge in [0.15, 0.2) is 0 Å². The number of hydrogen-bond acceptors (Lipinski definition) is 3. The van der Waals surface area contributed by atoms with Crippen LogP contribution in [0.25, 0.3) is 0 Å². The van der Waals surface area contributed by atoms with Gasteiger partial charge in [0.25, 0.3) is 0 Å². The maximum absolute atomic E-state index is 6.35. The largest absolute Gasteiger partial charge is 0.373 e. The van der Waals surface area contributed by atoms with Crippen molar-refractivity contribution in [1.29, 1.82) is 0 Å². The van der Waals surface area contributed by atoms with Gasteiger partial charge in [0.1, 0.15) is 0 Å². The van der Waals surface area contributed by atoms with Gasteiger partial charge >= 0.3 is 0 Å². The van der Waals surface area contributed by atoms with E-state index in [1.165, 1.54) is 36.1 Å². The zero-order chi connectivity index (χ0) is 14.6. The summed E-state index contributed by atoms with van der Waals surface area (Å²) in [5.41, 5.74) is 1.43. The Morgan fingerprint density at radius 2 is 2.10 bits per heavy atom. The van der Waals surface area contributed by atoms with Crippen molar-refractivity contribution in [3.05, 3.63) is 21.9 Å². The van der Waals surface area contributed by atoms with Gasteiger partial charge in [0.05, 0.1) is 11.6 Å². The number of ether oxygens (including phenoxy) is 1. The Hall–Kier alpha value is -0.380. The van der Waals surface area contributed by atoms with Crippen molar-refractivity contribution in [3.8, 4) is 0 Å². The van der Waals surface area contributed by atoms with Gasteiger partial charge in [-0.1, -0.05) is 13.8 Å². The molecule has 0 radical (unpaired) electrons. The van der Waals surface area contributed by atoms with E-state index in [9.17, 15) is 0 Å². The van der Waals surface area contributed by atoms with Crippen molar-refractivity contribution in [2.24, 2.45) is 5.92 Å². The van der Waals surface area contributed by atoms with E-state index in [1.807, 2.05) is 11.3 Å². The number of thiophene rings is 1. The second-order valence-corrected chi connectivity index (χ2v) is 7.22. The summed E-state index contributed by atoms with van der Waals surface area (Å²) < 4.78 is 6.35. The van der Waals surface area contributed by atoms with Crippen LogP contribution >= 0.6 is 11.3 Å². The van der Waals surface area contributed by atoms with E-state index >= 15 is 0 Å². The number of nitrogens with one attached hydrogen (secondary N) is 1. The number of likely N-dealkylation sites (N-methyl/N-ethyl adjacent to an activating group) is 1. The first-order valence-electron chi connectivity index (χ1n) is 8.04. The molecule has 0 aromatic carbocycles. The highest BCUT2D eigenvalue weighted by atomic mass is 32.1. The van der Waals surface area contributed by atoms with E-state index in [4.69, 9.17) is 4.74 Å². The lowest BCUT2D eigenvalue weighted by Crippen LogP contribution is -2.48. The zero-order valence-corrected chi connectivity index (χ0v) is 14.2. The second kappa shape index (κ2) is 7.06. The summed E-state index contributed by atoms with van der Waals surface area (Å²) in [4.78, 5) is 1.42. The molecule has 0 aliphatic heterocycles. The fourth-order valence-corrected chi connectivity index (χ4v) is 4.27. The standard InChI is InChI=1S/C17H29NOS/c1-5-18-16(15-9-12-20-14(15)4)17(19-6-2)10-7-13(3)8-11-17/h9,12-13,16,18H,5-8,10-11H2,1-4H3. The summed E-state index contributed by atoms with van der Waals surface area (Å²) in [7, 11) is 0. The molecule has 0 spiro atoms. The molecule has 1 N–H and O–H groups in total. The second-order valence-electron chi connectivity index (χ2n) is 6.10. The van der Waals surface area contributed by atoms with Crippen molar-refractivity contribution in [3.63, 3.8) is 0 Å². The third-order valence-electron chi connectivity index (χ3n) is 4.70. The molecule has 1 saturated carbocycles. The Kier molecular flexibility index (Phi) is 5.65. The Balaban J connectivity index is 2.30. The third-order valence-corrected chi connectivity index (χ3v) is 5.56. The molecule has 0 amide bonds. The molecule has 0 bridgehead atoms. The number of aryl methyl sites for hydroxylation is 1. The van der Waals surface area contributed by atoms with Gasteiger partial charge in [-0.25, -0.2) is 0 Å². The quantitative estimate of drug-likeness (QED) is 0.822. The lowest BCUT2D eigenvalue weighted by atomic mass is 9.73. The van der Waals surface area contributed by atoms with Crippen molar-refractivity contribution in [2.75, 3.05) is 13.2 Å². The summed E-state index contributed by atoms with van der Waals surface area (Å²) in [6.45, 7) is 10.7. The molecule has 20 heavy (non-hydrogen) atoms. The molecule has 1 aliphatic rings. The van der Waals surface area contributed by atoms with Crippen molar-refractivity contribution in [2.45, 2.75) is 65.0 Å². The predicted molar refractivity (Wildman–Crippen MR) is 87.5 cm³/mol. The van der Waals surface area contributed by atoms with Crippen LogP contribution in [0.1, 0.15) is 62.9 Å². The Morgan fingerprint density at radius 3 is 2.60 bits per heavy atom. The first-order chi connectivity index (χ1) is 9.63. The van der Waals surface area contributed by atoms with Crippen LogP contribution in [0.2, 0.25) is 0 Å². The lowest BCUT2D eigenvalue weighted by molar-refractivity contribution is -0.0973. The SMILES string of the molecule is CCNC(c1ccsc1C)C1(OCC)CCC(C)CC1. The maximum Gasteiger partial charge on any atom is 0.0876 e. The molecule has 2 rings (SSSR count). The highest BCUT2D eigenvalue weighted by molar-refractivity contribution is 7.10. The van der Waals surface area contributed by atoms with E-state index in [0.717, 1.165) is 19.1 Å². The highest BCUT2D eigenvalue weighted by Crippen LogP contribution is 2.44. The molecule has 1 heterocycles. The molecule has 1 unspecified atom stereocenters. The minimum absolute atomic E-state index is 0.0108. The van der Waals surface area contributed by atoms with Crippen LogP contribution in [0.3, 0.4) is 0 Å². The number of rotatable bonds is 6. The van der Waals surface area contributed by atoms with Crippen molar-refractivity contribution in [1.82, 2.24) is 5.32 Å². The topological polar surface area (TPSA) is 21.3 Å². The fraction of sp³-hybridized carbons (Fsp3) is 0.765. The predicted octanol–water partition coefficient (Wildman–Crippen LogP) is 4.69. The Labute approximate surface area is 127 Å². The van der Waals surface area contributed by atoms with E-state index in [-0.39, 0.29) is 5.60 Å². The first-order valence-corrected chi connectivity index (χ1v) is 8.92. The van der Waals surface area contributed by atoms with Gasteiger partial charge in [-0.3, -0.25) is 0 Å². The van der Waals surface area contributed by atoms with Crippen molar-refractivity contribution < 1.29 is 4.74 Å². The van der Waals surface area contributed by atoms with Crippen LogP contribution in [0, 0.1) is 12.8 Å². The van der Waals surface area contributed by atoms with Crippen LogP contribution in [0.4, 0.5) is 0 Å². The highest BCUT2D eigenvalue weighted by Gasteiger charge is 2.43. The van der Waals surface area contributed by atoms with Gasteiger partial charge in [-0.2, -0.15) is 0 Å². The van der Waals surface area contributed by atoms with Gasteiger partial charge in [0, 0.05) is 11.5 Å². The molecule has 3 heteroatoms. The van der Waals surface area contributed by atoms with Crippen LogP contribution in [0.5, 0.6) is 0 Å².